The fraction of sp³-hybridized carbons (Fsp3) is 0.0833. The van der Waals surface area contributed by atoms with Crippen LogP contribution in [-0.4, -0.2) is 11.1 Å². The van der Waals surface area contributed by atoms with Crippen molar-refractivity contribution >= 4 is 46.3 Å². The highest BCUT2D eigenvalue weighted by molar-refractivity contribution is 8.19. The van der Waals surface area contributed by atoms with Gasteiger partial charge in [0, 0.05) is 10.6 Å². The van der Waals surface area contributed by atoms with E-state index in [1.54, 1.807) is 30.3 Å². The molecular weight excluding hydrogens is 418 g/mol. The van der Waals surface area contributed by atoms with Crippen molar-refractivity contribution < 1.29 is 14.3 Å². The van der Waals surface area contributed by atoms with E-state index in [0.717, 1.165) is 27.8 Å². The predicted molar refractivity (Wildman–Crippen MR) is 122 cm³/mol. The maximum atomic E-state index is 12.9. The van der Waals surface area contributed by atoms with Crippen LogP contribution in [0.1, 0.15) is 16.7 Å². The Labute approximate surface area is 184 Å². The number of halogens is 1. The molecule has 0 N–H and O–H groups in total. The maximum Gasteiger partial charge on any atom is 0.298 e. The Kier molecular flexibility index (Phi) is 5.93. The molecule has 2 amide bonds. The number of hydrogen-bond donors (Lipinski definition) is 0. The van der Waals surface area contributed by atoms with Gasteiger partial charge in [-0.3, -0.25) is 9.59 Å². The molecule has 3 aromatic carbocycles. The maximum absolute atomic E-state index is 12.9. The van der Waals surface area contributed by atoms with E-state index < -0.39 is 0 Å². The number of imide groups is 1. The van der Waals surface area contributed by atoms with Gasteiger partial charge in [0.2, 0.25) is 0 Å². The molecule has 30 heavy (non-hydrogen) atoms. The topological polar surface area (TPSA) is 46.6 Å². The molecule has 0 unspecified atom stereocenters. The summed E-state index contributed by atoms with van der Waals surface area (Å²) < 4.78 is 5.98. The summed E-state index contributed by atoms with van der Waals surface area (Å²) >= 11 is 6.82. The zero-order valence-electron chi connectivity index (χ0n) is 16.2. The smallest absolute Gasteiger partial charge is 0.298 e. The number of benzene rings is 3. The second-order valence-electron chi connectivity index (χ2n) is 6.81. The van der Waals surface area contributed by atoms with Crippen LogP contribution in [0.3, 0.4) is 0 Å². The second-order valence-corrected chi connectivity index (χ2v) is 8.24. The lowest BCUT2D eigenvalue weighted by Gasteiger charge is -2.12. The molecule has 0 bridgehead atoms. The van der Waals surface area contributed by atoms with Crippen LogP contribution in [0, 0.1) is 6.92 Å². The molecule has 1 aliphatic heterocycles. The minimum absolute atomic E-state index is 0.341. The Morgan fingerprint density at radius 3 is 2.40 bits per heavy atom. The summed E-state index contributed by atoms with van der Waals surface area (Å²) in [5, 5.41) is 0.201. The van der Waals surface area contributed by atoms with E-state index in [-0.39, 0.29) is 11.1 Å². The highest BCUT2D eigenvalue weighted by Gasteiger charge is 2.36. The first-order valence-electron chi connectivity index (χ1n) is 9.32. The van der Waals surface area contributed by atoms with Crippen molar-refractivity contribution in [3.05, 3.63) is 99.4 Å². The number of para-hydroxylation sites is 1. The first-order chi connectivity index (χ1) is 14.5. The number of nitrogens with zero attached hydrogens (tertiary/aromatic N) is 1. The summed E-state index contributed by atoms with van der Waals surface area (Å²) in [4.78, 5) is 26.8. The molecule has 0 atom stereocenters. The Hall–Kier alpha value is -3.02. The molecule has 1 aliphatic rings. The molecule has 0 aliphatic carbocycles. The monoisotopic (exact) mass is 435 g/mol. The molecule has 150 valence electrons. The highest BCUT2D eigenvalue weighted by Crippen LogP contribution is 2.37. The van der Waals surface area contributed by atoms with Gasteiger partial charge in [0.05, 0.1) is 10.6 Å². The summed E-state index contributed by atoms with van der Waals surface area (Å²) in [6.45, 7) is 2.45. The van der Waals surface area contributed by atoms with Crippen LogP contribution in [0.25, 0.3) is 6.08 Å². The average molecular weight is 436 g/mol. The number of carbonyl (C=O) groups excluding carboxylic acids is 2. The Morgan fingerprint density at radius 1 is 0.967 bits per heavy atom. The SMILES string of the molecule is Cc1ccc(COc2ccccc2/C=C2\SC(=O)N(c3ccc(Cl)cc3)C2=O)cc1. The van der Waals surface area contributed by atoms with E-state index in [9.17, 15) is 9.59 Å². The number of anilines is 1. The number of hydrogen-bond acceptors (Lipinski definition) is 4. The van der Waals surface area contributed by atoms with Gasteiger partial charge in [-0.05, 0) is 60.7 Å². The summed E-state index contributed by atoms with van der Waals surface area (Å²) in [6.07, 6.45) is 1.70. The van der Waals surface area contributed by atoms with Crippen molar-refractivity contribution in [3.63, 3.8) is 0 Å². The van der Waals surface area contributed by atoms with Crippen LogP contribution < -0.4 is 9.64 Å². The first-order valence-corrected chi connectivity index (χ1v) is 10.5. The molecule has 0 radical (unpaired) electrons. The molecule has 1 heterocycles. The Bertz CT molecular complexity index is 1120. The molecule has 3 aromatic rings. The van der Waals surface area contributed by atoms with Crippen LogP contribution in [0.2, 0.25) is 5.02 Å². The van der Waals surface area contributed by atoms with Crippen molar-refractivity contribution in [3.8, 4) is 5.75 Å². The fourth-order valence-corrected chi connectivity index (χ4v) is 3.96. The molecule has 1 fully saturated rings. The molecule has 4 nitrogen and oxygen atoms in total. The van der Waals surface area contributed by atoms with Gasteiger partial charge in [-0.25, -0.2) is 4.90 Å². The lowest BCUT2D eigenvalue weighted by Crippen LogP contribution is -2.27. The fourth-order valence-electron chi connectivity index (χ4n) is 3.00. The van der Waals surface area contributed by atoms with E-state index >= 15 is 0 Å². The molecule has 4 rings (SSSR count). The predicted octanol–water partition coefficient (Wildman–Crippen LogP) is 6.47. The second kappa shape index (κ2) is 8.78. The van der Waals surface area contributed by atoms with Crippen molar-refractivity contribution in [1.29, 1.82) is 0 Å². The zero-order chi connectivity index (χ0) is 21.1. The van der Waals surface area contributed by atoms with E-state index in [1.165, 1.54) is 5.56 Å². The summed E-state index contributed by atoms with van der Waals surface area (Å²) in [6, 6.07) is 22.2. The first kappa shape index (κ1) is 20.3. The third-order valence-corrected chi connectivity index (χ3v) is 5.72. The molecule has 0 aromatic heterocycles. The van der Waals surface area contributed by atoms with Gasteiger partial charge in [0.15, 0.2) is 0 Å². The van der Waals surface area contributed by atoms with Gasteiger partial charge in [0.1, 0.15) is 12.4 Å². The molecular formula is C24H18ClNO3S. The summed E-state index contributed by atoms with van der Waals surface area (Å²) in [5.74, 6) is 0.289. The molecule has 6 heteroatoms. The number of rotatable bonds is 5. The van der Waals surface area contributed by atoms with Crippen LogP contribution in [0.4, 0.5) is 10.5 Å². The van der Waals surface area contributed by atoms with Gasteiger partial charge < -0.3 is 4.74 Å². The minimum Gasteiger partial charge on any atom is -0.488 e. The Balaban J connectivity index is 1.56. The van der Waals surface area contributed by atoms with Crippen molar-refractivity contribution in [1.82, 2.24) is 0 Å². The number of ether oxygens (including phenoxy) is 1. The van der Waals surface area contributed by atoms with Gasteiger partial charge in [-0.2, -0.15) is 0 Å². The number of thioether (sulfide) groups is 1. The van der Waals surface area contributed by atoms with Crippen molar-refractivity contribution in [2.75, 3.05) is 4.90 Å². The van der Waals surface area contributed by atoms with Crippen molar-refractivity contribution in [2.45, 2.75) is 13.5 Å². The van der Waals surface area contributed by atoms with E-state index in [2.05, 4.69) is 0 Å². The molecule has 0 saturated carbocycles. The van der Waals surface area contributed by atoms with Gasteiger partial charge in [-0.15, -0.1) is 0 Å². The third-order valence-electron chi connectivity index (χ3n) is 4.60. The average Bonchev–Trinajstić information content (AvgIpc) is 3.02. The van der Waals surface area contributed by atoms with E-state index in [1.807, 2.05) is 55.5 Å². The normalized spacial score (nSPS) is 15.1. The number of carbonyl (C=O) groups is 2. The van der Waals surface area contributed by atoms with Gasteiger partial charge in [-0.1, -0.05) is 59.6 Å². The van der Waals surface area contributed by atoms with Crippen LogP contribution in [0.5, 0.6) is 5.75 Å². The zero-order valence-corrected chi connectivity index (χ0v) is 17.7. The highest BCUT2D eigenvalue weighted by atomic mass is 35.5. The van der Waals surface area contributed by atoms with Gasteiger partial charge >= 0.3 is 0 Å². The summed E-state index contributed by atoms with van der Waals surface area (Å²) in [5.41, 5.74) is 3.48. The largest absolute Gasteiger partial charge is 0.488 e. The quantitative estimate of drug-likeness (QED) is 0.431. The van der Waals surface area contributed by atoms with Crippen LogP contribution in [-0.2, 0) is 11.4 Å². The third kappa shape index (κ3) is 4.42. The van der Waals surface area contributed by atoms with Crippen molar-refractivity contribution in [2.24, 2.45) is 0 Å². The van der Waals surface area contributed by atoms with E-state index in [0.29, 0.717) is 28.0 Å². The standard InChI is InChI=1S/C24H18ClNO3S/c1-16-6-8-17(9-7-16)15-29-21-5-3-2-4-18(21)14-22-23(27)26(24(28)30-22)20-12-10-19(25)11-13-20/h2-14H,15H2,1H3/b22-14-. The van der Waals surface area contributed by atoms with E-state index in [4.69, 9.17) is 16.3 Å². The number of amides is 2. The van der Waals surface area contributed by atoms with Crippen LogP contribution in [0.15, 0.2) is 77.7 Å². The number of aryl methyl sites for hydroxylation is 1. The summed E-state index contributed by atoms with van der Waals surface area (Å²) in [7, 11) is 0. The Morgan fingerprint density at radius 2 is 1.67 bits per heavy atom. The lowest BCUT2D eigenvalue weighted by molar-refractivity contribution is -0.113. The lowest BCUT2D eigenvalue weighted by atomic mass is 10.1. The van der Waals surface area contributed by atoms with Gasteiger partial charge in [0.25, 0.3) is 11.1 Å². The molecule has 0 spiro atoms. The molecule has 1 saturated heterocycles. The van der Waals surface area contributed by atoms with Crippen LogP contribution >= 0.6 is 23.4 Å². The minimum atomic E-state index is -0.360.